The Morgan fingerprint density at radius 2 is 1.86 bits per heavy atom. The number of aromatic nitrogens is 2. The number of nitrogens with zero attached hydrogens (tertiary/aromatic N) is 3. The maximum absolute atomic E-state index is 10.7. The summed E-state index contributed by atoms with van der Waals surface area (Å²) in [5, 5.41) is 11.2. The summed E-state index contributed by atoms with van der Waals surface area (Å²) in [5.74, 6) is 0.996. The first kappa shape index (κ1) is 23.6. The average molecular weight is 475 g/mol. The molecule has 1 atom stereocenters. The van der Waals surface area contributed by atoms with Crippen LogP contribution in [-0.2, 0) is 24.1 Å². The fourth-order valence-corrected chi connectivity index (χ4v) is 5.29. The molecule has 0 bridgehead atoms. The van der Waals surface area contributed by atoms with Gasteiger partial charge in [-0.2, -0.15) is 0 Å². The van der Waals surface area contributed by atoms with E-state index in [9.17, 15) is 4.79 Å². The predicted molar refractivity (Wildman–Crippen MR) is 136 cm³/mol. The quantitative estimate of drug-likeness (QED) is 0.553. The highest BCUT2D eigenvalue weighted by molar-refractivity contribution is 5.64. The lowest BCUT2D eigenvalue weighted by Gasteiger charge is -2.32. The summed E-state index contributed by atoms with van der Waals surface area (Å²) in [4.78, 5) is 18.3. The van der Waals surface area contributed by atoms with E-state index in [1.165, 1.54) is 11.1 Å². The number of rotatable bonds is 6. The summed E-state index contributed by atoms with van der Waals surface area (Å²) in [5.41, 5.74) is 6.90. The molecule has 1 saturated heterocycles. The largest absolute Gasteiger partial charge is 0.465 e. The summed E-state index contributed by atoms with van der Waals surface area (Å²) >= 11 is 0. The average Bonchev–Trinajstić information content (AvgIpc) is 3.10. The van der Waals surface area contributed by atoms with Crippen molar-refractivity contribution in [3.05, 3.63) is 76.7 Å². The molecule has 0 saturated carbocycles. The summed E-state index contributed by atoms with van der Waals surface area (Å²) in [6.07, 6.45) is 2.78. The molecular formula is C28H34N4O3. The standard InChI is InChI=1S/C28H34N4O3/c1-19-25(22-9-7-20(8-10-22)11-15-29-28(33)34)30-27-26(35-23-13-16-31(2)17-14-23)24-6-4-3-5-21(24)12-18-32(19)27/h3-10,23,26,29H,11-18H2,1-2H3,(H,33,34). The lowest BCUT2D eigenvalue weighted by molar-refractivity contribution is -0.0276. The second kappa shape index (κ2) is 10.2. The summed E-state index contributed by atoms with van der Waals surface area (Å²) in [6.45, 7) is 5.57. The van der Waals surface area contributed by atoms with Gasteiger partial charge in [0.2, 0.25) is 0 Å². The fourth-order valence-electron chi connectivity index (χ4n) is 5.29. The molecule has 1 fully saturated rings. The van der Waals surface area contributed by atoms with Crippen LogP contribution in [0.4, 0.5) is 4.79 Å². The zero-order valence-corrected chi connectivity index (χ0v) is 20.5. The molecule has 2 aliphatic rings. The zero-order chi connectivity index (χ0) is 24.4. The van der Waals surface area contributed by atoms with E-state index in [2.05, 4.69) is 77.3 Å². The third-order valence-corrected chi connectivity index (χ3v) is 7.34. The minimum Gasteiger partial charge on any atom is -0.465 e. The molecule has 2 aliphatic heterocycles. The molecule has 1 unspecified atom stereocenters. The maximum Gasteiger partial charge on any atom is 0.404 e. The van der Waals surface area contributed by atoms with Gasteiger partial charge in [-0.3, -0.25) is 0 Å². The van der Waals surface area contributed by atoms with Crippen LogP contribution in [0.5, 0.6) is 0 Å². The van der Waals surface area contributed by atoms with E-state index in [-0.39, 0.29) is 12.2 Å². The summed E-state index contributed by atoms with van der Waals surface area (Å²) in [7, 11) is 2.17. The molecule has 1 amide bonds. The van der Waals surface area contributed by atoms with Gasteiger partial charge in [-0.15, -0.1) is 0 Å². The predicted octanol–water partition coefficient (Wildman–Crippen LogP) is 4.42. The minimum absolute atomic E-state index is 0.170. The number of likely N-dealkylation sites (tertiary alicyclic amines) is 1. The number of ether oxygens (including phenoxy) is 1. The first-order valence-electron chi connectivity index (χ1n) is 12.5. The van der Waals surface area contributed by atoms with Crippen molar-refractivity contribution in [2.24, 2.45) is 0 Å². The van der Waals surface area contributed by atoms with Crippen LogP contribution < -0.4 is 5.32 Å². The van der Waals surface area contributed by atoms with E-state index in [4.69, 9.17) is 14.8 Å². The van der Waals surface area contributed by atoms with Gasteiger partial charge in [0, 0.05) is 37.4 Å². The van der Waals surface area contributed by atoms with Crippen molar-refractivity contribution in [3.63, 3.8) is 0 Å². The molecule has 5 rings (SSSR count). The van der Waals surface area contributed by atoms with Gasteiger partial charge in [0.25, 0.3) is 0 Å². The van der Waals surface area contributed by atoms with Crippen LogP contribution in [0, 0.1) is 6.92 Å². The molecule has 3 heterocycles. The van der Waals surface area contributed by atoms with Gasteiger partial charge in [0.1, 0.15) is 11.9 Å². The van der Waals surface area contributed by atoms with E-state index in [1.54, 1.807) is 0 Å². The fraction of sp³-hybridized carbons (Fsp3) is 0.429. The molecule has 0 radical (unpaired) electrons. The minimum atomic E-state index is -0.990. The highest BCUT2D eigenvalue weighted by atomic mass is 16.5. The molecule has 7 heteroatoms. The van der Waals surface area contributed by atoms with Crippen molar-refractivity contribution in [2.75, 3.05) is 26.7 Å². The van der Waals surface area contributed by atoms with Crippen molar-refractivity contribution in [2.45, 2.75) is 51.4 Å². The number of amides is 1. The van der Waals surface area contributed by atoms with E-state index >= 15 is 0 Å². The number of nitrogens with one attached hydrogen (secondary N) is 1. The second-order valence-electron chi connectivity index (χ2n) is 9.70. The number of aryl methyl sites for hydroxylation is 1. The number of fused-ring (bicyclic) bond motifs is 2. The smallest absolute Gasteiger partial charge is 0.404 e. The van der Waals surface area contributed by atoms with Gasteiger partial charge in [-0.05, 0) is 56.3 Å². The molecule has 2 N–H and O–H groups in total. The van der Waals surface area contributed by atoms with Crippen LogP contribution in [0.2, 0.25) is 0 Å². The van der Waals surface area contributed by atoms with Crippen LogP contribution in [0.3, 0.4) is 0 Å². The molecular weight excluding hydrogens is 440 g/mol. The van der Waals surface area contributed by atoms with Crippen LogP contribution in [-0.4, -0.2) is 58.4 Å². The summed E-state index contributed by atoms with van der Waals surface area (Å²) in [6, 6.07) is 16.9. The molecule has 35 heavy (non-hydrogen) atoms. The molecule has 7 nitrogen and oxygen atoms in total. The number of hydrogen-bond acceptors (Lipinski definition) is 4. The Bertz CT molecular complexity index is 1180. The third-order valence-electron chi connectivity index (χ3n) is 7.34. The van der Waals surface area contributed by atoms with Crippen molar-refractivity contribution in [1.29, 1.82) is 0 Å². The molecule has 3 aromatic rings. The van der Waals surface area contributed by atoms with Crippen LogP contribution >= 0.6 is 0 Å². The number of piperidine rings is 1. The molecule has 2 aromatic carbocycles. The maximum atomic E-state index is 10.7. The molecule has 184 valence electrons. The van der Waals surface area contributed by atoms with E-state index < -0.39 is 6.09 Å². The Kier molecular flexibility index (Phi) is 6.88. The van der Waals surface area contributed by atoms with Gasteiger partial charge in [0.05, 0.1) is 11.8 Å². The Hall–Kier alpha value is -3.16. The number of hydrogen-bond donors (Lipinski definition) is 2. The van der Waals surface area contributed by atoms with Crippen LogP contribution in [0.15, 0.2) is 48.5 Å². The van der Waals surface area contributed by atoms with Crippen LogP contribution in [0.25, 0.3) is 11.3 Å². The molecule has 0 aliphatic carbocycles. The Labute approximate surface area is 206 Å². The van der Waals surface area contributed by atoms with Crippen molar-refractivity contribution in [1.82, 2.24) is 19.8 Å². The van der Waals surface area contributed by atoms with Gasteiger partial charge in [0.15, 0.2) is 0 Å². The monoisotopic (exact) mass is 474 g/mol. The van der Waals surface area contributed by atoms with E-state index in [0.717, 1.165) is 67.2 Å². The Morgan fingerprint density at radius 3 is 2.60 bits per heavy atom. The van der Waals surface area contributed by atoms with Gasteiger partial charge in [-0.25, -0.2) is 9.78 Å². The normalized spacial score (nSPS) is 18.5. The highest BCUT2D eigenvalue weighted by Gasteiger charge is 2.32. The van der Waals surface area contributed by atoms with E-state index in [0.29, 0.717) is 13.0 Å². The topological polar surface area (TPSA) is 79.6 Å². The number of benzene rings is 2. The van der Waals surface area contributed by atoms with Crippen molar-refractivity contribution in [3.8, 4) is 11.3 Å². The summed E-state index contributed by atoms with van der Waals surface area (Å²) < 4.78 is 9.18. The Balaban J connectivity index is 1.45. The number of carboxylic acid groups (broad SMARTS) is 1. The van der Waals surface area contributed by atoms with Gasteiger partial charge < -0.3 is 24.6 Å². The first-order valence-corrected chi connectivity index (χ1v) is 12.5. The SMILES string of the molecule is Cc1c(-c2ccc(CCNC(=O)O)cc2)nc2n1CCc1ccccc1C2OC1CCN(C)CC1. The van der Waals surface area contributed by atoms with Crippen molar-refractivity contribution >= 4 is 6.09 Å². The molecule has 1 aromatic heterocycles. The lowest BCUT2D eigenvalue weighted by Crippen LogP contribution is -2.35. The van der Waals surface area contributed by atoms with Gasteiger partial charge >= 0.3 is 6.09 Å². The highest BCUT2D eigenvalue weighted by Crippen LogP contribution is 2.37. The number of imidazole rings is 1. The lowest BCUT2D eigenvalue weighted by atomic mass is 9.99. The number of carbonyl (C=O) groups is 1. The van der Waals surface area contributed by atoms with Gasteiger partial charge in [-0.1, -0.05) is 48.5 Å². The zero-order valence-electron chi connectivity index (χ0n) is 20.5. The van der Waals surface area contributed by atoms with Crippen LogP contribution in [0.1, 0.15) is 47.2 Å². The first-order chi connectivity index (χ1) is 17.0. The van der Waals surface area contributed by atoms with Crippen molar-refractivity contribution < 1.29 is 14.6 Å². The Morgan fingerprint density at radius 1 is 1.11 bits per heavy atom. The van der Waals surface area contributed by atoms with E-state index in [1.807, 2.05) is 0 Å². The molecule has 0 spiro atoms. The second-order valence-corrected chi connectivity index (χ2v) is 9.70. The third kappa shape index (κ3) is 5.11.